The summed E-state index contributed by atoms with van der Waals surface area (Å²) in [5.41, 5.74) is 9.19. The molecule has 0 aromatic heterocycles. The predicted octanol–water partition coefficient (Wildman–Crippen LogP) is 3.75. The van der Waals surface area contributed by atoms with Crippen LogP contribution in [0.15, 0.2) is 24.3 Å². The van der Waals surface area contributed by atoms with Gasteiger partial charge in [-0.05, 0) is 63.1 Å². The molecule has 1 aliphatic rings. The first kappa shape index (κ1) is 18.4. The van der Waals surface area contributed by atoms with E-state index in [0.29, 0.717) is 12.0 Å². The summed E-state index contributed by atoms with van der Waals surface area (Å²) in [6, 6.07) is 9.27. The molecule has 0 spiro atoms. The number of hydrogen-bond donors (Lipinski definition) is 2. The average Bonchev–Trinajstić information content (AvgIpc) is 2.57. The standard InChI is InChI=1S/C20H34N2O/c1-4-7-19(21)20(22-3)14-23-17-12-10-16(11-13-17)18-9-6-5-8-15(18)2/h5-6,8-9,16-17,19-20,22H,4,7,10-14,21H2,1-3H3/t16-,17+,19-,20-/m0/s1. The van der Waals surface area contributed by atoms with Crippen LogP contribution < -0.4 is 11.1 Å². The Morgan fingerprint density at radius 1 is 1.22 bits per heavy atom. The van der Waals surface area contributed by atoms with Crippen LogP contribution in [0.4, 0.5) is 0 Å². The second-order valence-corrected chi connectivity index (χ2v) is 7.01. The van der Waals surface area contributed by atoms with Crippen molar-refractivity contribution in [1.29, 1.82) is 0 Å². The minimum absolute atomic E-state index is 0.188. The van der Waals surface area contributed by atoms with Gasteiger partial charge in [-0.3, -0.25) is 0 Å². The highest BCUT2D eigenvalue weighted by Gasteiger charge is 2.25. The van der Waals surface area contributed by atoms with Gasteiger partial charge in [0.15, 0.2) is 0 Å². The number of ether oxygens (including phenoxy) is 1. The molecule has 0 saturated heterocycles. The molecule has 0 aliphatic heterocycles. The van der Waals surface area contributed by atoms with Gasteiger partial charge in [0.25, 0.3) is 0 Å². The molecule has 2 rings (SSSR count). The van der Waals surface area contributed by atoms with Crippen molar-refractivity contribution in [3.63, 3.8) is 0 Å². The first-order chi connectivity index (χ1) is 11.2. The molecule has 0 unspecified atom stereocenters. The summed E-state index contributed by atoms with van der Waals surface area (Å²) in [7, 11) is 1.98. The number of nitrogens with two attached hydrogens (primary N) is 1. The van der Waals surface area contributed by atoms with E-state index in [0.717, 1.165) is 19.4 Å². The topological polar surface area (TPSA) is 47.3 Å². The van der Waals surface area contributed by atoms with Gasteiger partial charge in [-0.25, -0.2) is 0 Å². The highest BCUT2D eigenvalue weighted by molar-refractivity contribution is 5.29. The molecule has 23 heavy (non-hydrogen) atoms. The lowest BCUT2D eigenvalue weighted by Gasteiger charge is -2.31. The maximum absolute atomic E-state index is 6.23. The fourth-order valence-electron chi connectivity index (χ4n) is 3.78. The van der Waals surface area contributed by atoms with Crippen molar-refractivity contribution >= 4 is 0 Å². The molecule has 0 heterocycles. The maximum atomic E-state index is 6.23. The van der Waals surface area contributed by atoms with E-state index in [1.54, 1.807) is 0 Å². The summed E-state index contributed by atoms with van der Waals surface area (Å²) in [6.45, 7) is 5.14. The van der Waals surface area contributed by atoms with Gasteiger partial charge in [0.05, 0.1) is 12.7 Å². The van der Waals surface area contributed by atoms with Crippen molar-refractivity contribution in [1.82, 2.24) is 5.32 Å². The predicted molar refractivity (Wildman–Crippen MR) is 97.9 cm³/mol. The summed E-state index contributed by atoms with van der Waals surface area (Å²) < 4.78 is 6.18. The van der Waals surface area contributed by atoms with Crippen molar-refractivity contribution in [2.75, 3.05) is 13.7 Å². The fourth-order valence-corrected chi connectivity index (χ4v) is 3.78. The van der Waals surface area contributed by atoms with Gasteiger partial charge in [-0.2, -0.15) is 0 Å². The zero-order valence-corrected chi connectivity index (χ0v) is 15.1. The number of aryl methyl sites for hydroxylation is 1. The SMILES string of the molecule is CCC[C@H](N)[C@H](CO[C@H]1CC[C@@H](c2ccccc2C)CC1)NC. The largest absolute Gasteiger partial charge is 0.377 e. The van der Waals surface area contributed by atoms with Crippen LogP contribution in [0.5, 0.6) is 0 Å². The van der Waals surface area contributed by atoms with E-state index < -0.39 is 0 Å². The molecular formula is C20H34N2O. The highest BCUT2D eigenvalue weighted by Crippen LogP contribution is 2.35. The zero-order chi connectivity index (χ0) is 16.7. The molecule has 1 fully saturated rings. The minimum Gasteiger partial charge on any atom is -0.377 e. The second-order valence-electron chi connectivity index (χ2n) is 7.01. The molecule has 3 heteroatoms. The van der Waals surface area contributed by atoms with Gasteiger partial charge in [-0.15, -0.1) is 0 Å². The lowest BCUT2D eigenvalue weighted by Crippen LogP contribution is -2.47. The highest BCUT2D eigenvalue weighted by atomic mass is 16.5. The van der Waals surface area contributed by atoms with E-state index in [1.165, 1.54) is 36.8 Å². The number of hydrogen-bond acceptors (Lipinski definition) is 3. The van der Waals surface area contributed by atoms with E-state index in [-0.39, 0.29) is 12.1 Å². The molecule has 3 N–H and O–H groups in total. The third kappa shape index (κ3) is 5.30. The van der Waals surface area contributed by atoms with Crippen LogP contribution in [-0.4, -0.2) is 31.8 Å². The van der Waals surface area contributed by atoms with Crippen molar-refractivity contribution in [3.05, 3.63) is 35.4 Å². The van der Waals surface area contributed by atoms with Crippen LogP contribution in [0.1, 0.15) is 62.5 Å². The lowest BCUT2D eigenvalue weighted by molar-refractivity contribution is 0.00972. The smallest absolute Gasteiger partial charge is 0.0638 e. The normalized spacial score (nSPS) is 24.3. The number of benzene rings is 1. The molecule has 1 aromatic rings. The first-order valence-corrected chi connectivity index (χ1v) is 9.25. The first-order valence-electron chi connectivity index (χ1n) is 9.25. The van der Waals surface area contributed by atoms with E-state index in [4.69, 9.17) is 10.5 Å². The van der Waals surface area contributed by atoms with Crippen LogP contribution in [0.2, 0.25) is 0 Å². The van der Waals surface area contributed by atoms with Gasteiger partial charge < -0.3 is 15.8 Å². The third-order valence-electron chi connectivity index (χ3n) is 5.32. The van der Waals surface area contributed by atoms with Crippen LogP contribution in [0, 0.1) is 6.92 Å². The number of nitrogens with one attached hydrogen (secondary N) is 1. The fraction of sp³-hybridized carbons (Fsp3) is 0.700. The average molecular weight is 319 g/mol. The molecule has 1 saturated carbocycles. The van der Waals surface area contributed by atoms with Crippen LogP contribution >= 0.6 is 0 Å². The van der Waals surface area contributed by atoms with Gasteiger partial charge in [-0.1, -0.05) is 37.6 Å². The molecule has 0 amide bonds. The minimum atomic E-state index is 0.188. The third-order valence-corrected chi connectivity index (χ3v) is 5.32. The Labute approximate surface area is 142 Å². The molecule has 0 radical (unpaired) electrons. The summed E-state index contributed by atoms with van der Waals surface area (Å²) >= 11 is 0. The molecular weight excluding hydrogens is 284 g/mol. The number of rotatable bonds is 8. The van der Waals surface area contributed by atoms with Gasteiger partial charge in [0.1, 0.15) is 0 Å². The Balaban J connectivity index is 1.77. The van der Waals surface area contributed by atoms with Crippen molar-refractivity contribution < 1.29 is 4.74 Å². The van der Waals surface area contributed by atoms with Crippen molar-refractivity contribution in [2.24, 2.45) is 5.73 Å². The molecule has 2 atom stereocenters. The quantitative estimate of drug-likeness (QED) is 0.767. The maximum Gasteiger partial charge on any atom is 0.0638 e. The molecule has 130 valence electrons. The summed E-state index contributed by atoms with van der Waals surface area (Å²) in [6.07, 6.45) is 7.38. The van der Waals surface area contributed by atoms with Crippen LogP contribution in [0.25, 0.3) is 0 Å². The van der Waals surface area contributed by atoms with E-state index >= 15 is 0 Å². The Bertz CT molecular complexity index is 455. The Hall–Kier alpha value is -0.900. The monoisotopic (exact) mass is 318 g/mol. The van der Waals surface area contributed by atoms with Crippen LogP contribution in [0.3, 0.4) is 0 Å². The summed E-state index contributed by atoms with van der Waals surface area (Å²) in [4.78, 5) is 0. The van der Waals surface area contributed by atoms with E-state index in [9.17, 15) is 0 Å². The lowest BCUT2D eigenvalue weighted by atomic mass is 9.81. The molecule has 1 aromatic carbocycles. The van der Waals surface area contributed by atoms with Crippen molar-refractivity contribution in [2.45, 2.75) is 76.5 Å². The summed E-state index contributed by atoms with van der Waals surface area (Å²) in [5.74, 6) is 0.707. The number of likely N-dealkylation sites (N-methyl/N-ethyl adjacent to an activating group) is 1. The Morgan fingerprint density at radius 3 is 2.52 bits per heavy atom. The van der Waals surface area contributed by atoms with Crippen molar-refractivity contribution in [3.8, 4) is 0 Å². The molecule has 3 nitrogen and oxygen atoms in total. The van der Waals surface area contributed by atoms with Gasteiger partial charge in [0, 0.05) is 12.1 Å². The summed E-state index contributed by atoms with van der Waals surface area (Å²) in [5, 5.41) is 3.32. The van der Waals surface area contributed by atoms with Gasteiger partial charge >= 0.3 is 0 Å². The van der Waals surface area contributed by atoms with E-state index in [2.05, 4.69) is 43.4 Å². The molecule has 0 bridgehead atoms. The van der Waals surface area contributed by atoms with E-state index in [1.807, 2.05) is 7.05 Å². The molecule has 1 aliphatic carbocycles. The Kier molecular flexibility index (Phi) is 7.54. The Morgan fingerprint density at radius 2 is 1.91 bits per heavy atom. The second kappa shape index (κ2) is 9.41. The van der Waals surface area contributed by atoms with Gasteiger partial charge in [0.2, 0.25) is 0 Å². The zero-order valence-electron chi connectivity index (χ0n) is 15.1. The van der Waals surface area contributed by atoms with Crippen LogP contribution in [-0.2, 0) is 4.74 Å².